The molecular formula is C30H34Cl2FN3O5S. The molecule has 0 saturated heterocycles. The first-order valence-electron chi connectivity index (χ1n) is 13.4. The minimum Gasteiger partial charge on any atom is -0.494 e. The molecule has 3 aromatic carbocycles. The van der Waals surface area contributed by atoms with Gasteiger partial charge >= 0.3 is 0 Å². The number of halogens is 3. The number of nitrogens with one attached hydrogen (secondary N) is 1. The topological polar surface area (TPSA) is 96.0 Å². The minimum atomic E-state index is -4.36. The van der Waals surface area contributed by atoms with E-state index in [0.717, 1.165) is 28.6 Å². The average molecular weight is 639 g/mol. The summed E-state index contributed by atoms with van der Waals surface area (Å²) in [5.74, 6) is -1.04. The van der Waals surface area contributed by atoms with Crippen molar-refractivity contribution in [3.8, 4) is 5.75 Å². The predicted molar refractivity (Wildman–Crippen MR) is 163 cm³/mol. The Labute approximate surface area is 256 Å². The van der Waals surface area contributed by atoms with E-state index in [4.69, 9.17) is 27.9 Å². The van der Waals surface area contributed by atoms with Crippen molar-refractivity contribution in [2.45, 2.75) is 45.2 Å². The number of ether oxygens (including phenoxy) is 1. The zero-order valence-corrected chi connectivity index (χ0v) is 26.1. The van der Waals surface area contributed by atoms with Gasteiger partial charge in [-0.15, -0.1) is 0 Å². The maximum atomic E-state index is 14.0. The van der Waals surface area contributed by atoms with Crippen LogP contribution in [0.1, 0.15) is 33.3 Å². The Kier molecular flexibility index (Phi) is 11.6. The molecule has 226 valence electrons. The molecule has 0 radical (unpaired) electrons. The number of anilines is 1. The quantitative estimate of drug-likeness (QED) is 0.251. The summed E-state index contributed by atoms with van der Waals surface area (Å²) in [5.41, 5.74) is 0.579. The molecule has 0 heterocycles. The van der Waals surface area contributed by atoms with Gasteiger partial charge in [0.15, 0.2) is 0 Å². The molecule has 42 heavy (non-hydrogen) atoms. The molecular weight excluding hydrogens is 604 g/mol. The van der Waals surface area contributed by atoms with E-state index < -0.39 is 40.2 Å². The van der Waals surface area contributed by atoms with Crippen LogP contribution < -0.4 is 14.4 Å². The van der Waals surface area contributed by atoms with Gasteiger partial charge in [0.05, 0.1) is 17.2 Å². The van der Waals surface area contributed by atoms with Crippen molar-refractivity contribution in [2.75, 3.05) is 24.0 Å². The number of amides is 2. The maximum absolute atomic E-state index is 14.0. The molecule has 12 heteroatoms. The Morgan fingerprint density at radius 3 is 2.10 bits per heavy atom. The van der Waals surface area contributed by atoms with Crippen LogP contribution in [0.2, 0.25) is 10.0 Å². The van der Waals surface area contributed by atoms with Crippen LogP contribution in [0.5, 0.6) is 5.75 Å². The molecule has 1 atom stereocenters. The van der Waals surface area contributed by atoms with E-state index in [1.807, 2.05) is 20.8 Å². The third kappa shape index (κ3) is 8.36. The van der Waals surface area contributed by atoms with Crippen molar-refractivity contribution in [3.63, 3.8) is 0 Å². The predicted octanol–water partition coefficient (Wildman–Crippen LogP) is 5.92. The molecule has 0 saturated carbocycles. The van der Waals surface area contributed by atoms with E-state index in [1.54, 1.807) is 37.3 Å². The van der Waals surface area contributed by atoms with Crippen molar-refractivity contribution in [1.29, 1.82) is 0 Å². The van der Waals surface area contributed by atoms with Crippen LogP contribution in [0.4, 0.5) is 10.1 Å². The summed E-state index contributed by atoms with van der Waals surface area (Å²) in [5, 5.41) is 3.40. The Bertz CT molecular complexity index is 1470. The van der Waals surface area contributed by atoms with Crippen LogP contribution in [0, 0.1) is 11.7 Å². The molecule has 0 aliphatic rings. The van der Waals surface area contributed by atoms with Crippen molar-refractivity contribution in [1.82, 2.24) is 10.2 Å². The van der Waals surface area contributed by atoms with Crippen molar-refractivity contribution in [2.24, 2.45) is 5.92 Å². The Hall–Kier alpha value is -3.34. The molecule has 0 fully saturated rings. The highest BCUT2D eigenvalue weighted by Crippen LogP contribution is 2.29. The smallest absolute Gasteiger partial charge is 0.264 e. The summed E-state index contributed by atoms with van der Waals surface area (Å²) in [6.07, 6.45) is 0. The number of benzene rings is 3. The minimum absolute atomic E-state index is 0.151. The van der Waals surface area contributed by atoms with Crippen LogP contribution in [0.25, 0.3) is 0 Å². The van der Waals surface area contributed by atoms with E-state index in [1.165, 1.54) is 17.0 Å². The Balaban J connectivity index is 2.05. The second-order valence-electron chi connectivity index (χ2n) is 9.93. The highest BCUT2D eigenvalue weighted by atomic mass is 35.5. The van der Waals surface area contributed by atoms with Crippen molar-refractivity contribution >= 4 is 50.7 Å². The number of carbonyl (C=O) groups excluding carboxylic acids is 2. The summed E-state index contributed by atoms with van der Waals surface area (Å²) in [4.78, 5) is 28.1. The van der Waals surface area contributed by atoms with Crippen LogP contribution in [0.3, 0.4) is 0 Å². The zero-order valence-electron chi connectivity index (χ0n) is 23.8. The largest absolute Gasteiger partial charge is 0.494 e. The molecule has 0 bridgehead atoms. The SMILES string of the molecule is CCOc1ccc(N(CC(=O)N(Cc2c(Cl)cccc2Cl)[C@@H](C)C(=O)NCC(C)C)S(=O)(=O)c2ccc(F)cc2)cc1. The normalized spacial score (nSPS) is 12.1. The van der Waals surface area contributed by atoms with Gasteiger partial charge in [-0.3, -0.25) is 13.9 Å². The van der Waals surface area contributed by atoms with Gasteiger partial charge in [-0.05, 0) is 80.4 Å². The van der Waals surface area contributed by atoms with Gasteiger partial charge in [0.2, 0.25) is 11.8 Å². The van der Waals surface area contributed by atoms with Gasteiger partial charge in [0.1, 0.15) is 24.2 Å². The number of hydrogen-bond acceptors (Lipinski definition) is 5. The van der Waals surface area contributed by atoms with E-state index in [9.17, 15) is 22.4 Å². The van der Waals surface area contributed by atoms with Gasteiger partial charge in [-0.1, -0.05) is 43.1 Å². The maximum Gasteiger partial charge on any atom is 0.264 e. The fourth-order valence-electron chi connectivity index (χ4n) is 4.03. The first kappa shape index (κ1) is 33.2. The molecule has 3 rings (SSSR count). The Morgan fingerprint density at radius 2 is 1.55 bits per heavy atom. The lowest BCUT2D eigenvalue weighted by Crippen LogP contribution is -2.51. The third-order valence-corrected chi connectivity index (χ3v) is 8.85. The molecule has 8 nitrogen and oxygen atoms in total. The first-order valence-corrected chi connectivity index (χ1v) is 15.6. The number of rotatable bonds is 13. The lowest BCUT2D eigenvalue weighted by atomic mass is 10.1. The summed E-state index contributed by atoms with van der Waals surface area (Å²) in [7, 11) is -4.36. The molecule has 0 aliphatic heterocycles. The van der Waals surface area contributed by atoms with Gasteiger partial charge in [0.25, 0.3) is 10.0 Å². The average Bonchev–Trinajstić information content (AvgIpc) is 2.95. The number of carbonyl (C=O) groups is 2. The summed E-state index contributed by atoms with van der Waals surface area (Å²) in [6.45, 7) is 7.21. The monoisotopic (exact) mass is 637 g/mol. The molecule has 0 spiro atoms. The number of hydrogen-bond donors (Lipinski definition) is 1. The van der Waals surface area contributed by atoms with Crippen LogP contribution in [0.15, 0.2) is 71.6 Å². The lowest BCUT2D eigenvalue weighted by molar-refractivity contribution is -0.139. The number of sulfonamides is 1. The van der Waals surface area contributed by atoms with Crippen molar-refractivity contribution in [3.05, 3.63) is 88.2 Å². The highest BCUT2D eigenvalue weighted by Gasteiger charge is 2.33. The fourth-order valence-corrected chi connectivity index (χ4v) is 5.96. The van der Waals surface area contributed by atoms with Gasteiger partial charge in [-0.25, -0.2) is 12.8 Å². The third-order valence-electron chi connectivity index (χ3n) is 6.36. The van der Waals surface area contributed by atoms with Crippen LogP contribution in [-0.2, 0) is 26.2 Å². The summed E-state index contributed by atoms with van der Waals surface area (Å²) < 4.78 is 47.7. The van der Waals surface area contributed by atoms with E-state index in [2.05, 4.69) is 5.32 Å². The van der Waals surface area contributed by atoms with E-state index >= 15 is 0 Å². The standard InChI is InChI=1S/C30H34Cl2FN3O5S/c1-5-41-24-13-11-23(12-14-24)36(42(39,40)25-15-9-22(33)10-16-25)19-29(37)35(21(4)30(38)34-17-20(2)3)18-26-27(31)7-6-8-28(26)32/h6-16,20-21H,5,17-19H2,1-4H3,(H,34,38)/t21-/m0/s1. The highest BCUT2D eigenvalue weighted by molar-refractivity contribution is 7.92. The zero-order chi connectivity index (χ0) is 31.0. The number of nitrogens with zero attached hydrogens (tertiary/aromatic N) is 2. The molecule has 2 amide bonds. The van der Waals surface area contributed by atoms with Gasteiger partial charge in [-0.2, -0.15) is 0 Å². The van der Waals surface area contributed by atoms with Gasteiger partial charge < -0.3 is 15.0 Å². The first-order chi connectivity index (χ1) is 19.8. The Morgan fingerprint density at radius 1 is 0.952 bits per heavy atom. The lowest BCUT2D eigenvalue weighted by Gasteiger charge is -2.32. The molecule has 1 N–H and O–H groups in total. The van der Waals surface area contributed by atoms with E-state index in [-0.39, 0.29) is 33.1 Å². The van der Waals surface area contributed by atoms with Crippen LogP contribution in [-0.4, -0.2) is 50.9 Å². The van der Waals surface area contributed by atoms with Crippen molar-refractivity contribution < 1.29 is 27.1 Å². The fraction of sp³-hybridized carbons (Fsp3) is 0.333. The second-order valence-corrected chi connectivity index (χ2v) is 12.6. The molecule has 0 aliphatic carbocycles. The van der Waals surface area contributed by atoms with Gasteiger partial charge in [0, 0.05) is 28.7 Å². The molecule has 0 unspecified atom stereocenters. The second kappa shape index (κ2) is 14.7. The summed E-state index contributed by atoms with van der Waals surface area (Å²) in [6, 6.07) is 14.4. The molecule has 0 aromatic heterocycles. The van der Waals surface area contributed by atoms with E-state index in [0.29, 0.717) is 24.5 Å². The molecule has 3 aromatic rings. The summed E-state index contributed by atoms with van der Waals surface area (Å²) >= 11 is 12.8. The van der Waals surface area contributed by atoms with Crippen LogP contribution >= 0.6 is 23.2 Å².